The van der Waals surface area contributed by atoms with Gasteiger partial charge in [0.25, 0.3) is 11.7 Å². The number of ether oxygens (including phenoxy) is 2. The molecule has 1 saturated heterocycles. The van der Waals surface area contributed by atoms with Gasteiger partial charge < -0.3 is 24.6 Å². The number of para-hydroxylation sites is 1. The van der Waals surface area contributed by atoms with Gasteiger partial charge in [-0.15, -0.1) is 0 Å². The molecule has 1 fully saturated rings. The highest BCUT2D eigenvalue weighted by molar-refractivity contribution is 6.46. The van der Waals surface area contributed by atoms with Crippen LogP contribution in [0.25, 0.3) is 5.76 Å². The van der Waals surface area contributed by atoms with E-state index in [-0.39, 0.29) is 41.4 Å². The number of amides is 1. The lowest BCUT2D eigenvalue weighted by Gasteiger charge is -2.26. The molecule has 1 amide bonds. The molecule has 7 nitrogen and oxygen atoms in total. The minimum atomic E-state index is -1.000. The van der Waals surface area contributed by atoms with Crippen molar-refractivity contribution in [1.82, 2.24) is 4.90 Å². The summed E-state index contributed by atoms with van der Waals surface area (Å²) >= 11 is 0. The van der Waals surface area contributed by atoms with Crippen molar-refractivity contribution in [3.8, 4) is 17.2 Å². The summed E-state index contributed by atoms with van der Waals surface area (Å²) in [5.41, 5.74) is 1.45. The number of methoxy groups -OCH3 is 1. The predicted molar refractivity (Wildman–Crippen MR) is 131 cm³/mol. The van der Waals surface area contributed by atoms with Gasteiger partial charge in [0.05, 0.1) is 31.9 Å². The molecule has 2 N–H and O–H groups in total. The molecular weight excluding hydrogens is 465 g/mol. The highest BCUT2D eigenvalue weighted by atomic mass is 19.1. The van der Waals surface area contributed by atoms with Crippen LogP contribution in [0, 0.1) is 12.7 Å². The van der Waals surface area contributed by atoms with Crippen LogP contribution < -0.4 is 9.47 Å². The summed E-state index contributed by atoms with van der Waals surface area (Å²) in [6.07, 6.45) is 0. The molecular formula is C28H26FNO6. The molecule has 0 bridgehead atoms. The summed E-state index contributed by atoms with van der Waals surface area (Å²) in [5, 5.41) is 21.4. The van der Waals surface area contributed by atoms with Crippen LogP contribution in [0.3, 0.4) is 0 Å². The van der Waals surface area contributed by atoms with E-state index in [0.29, 0.717) is 16.9 Å². The van der Waals surface area contributed by atoms with Crippen LogP contribution in [-0.2, 0) is 16.1 Å². The van der Waals surface area contributed by atoms with Crippen molar-refractivity contribution < 1.29 is 33.7 Å². The van der Waals surface area contributed by atoms with Gasteiger partial charge >= 0.3 is 0 Å². The molecule has 0 saturated carbocycles. The van der Waals surface area contributed by atoms with Crippen LogP contribution in [-0.4, -0.2) is 40.5 Å². The van der Waals surface area contributed by atoms with Gasteiger partial charge in [-0.1, -0.05) is 24.3 Å². The van der Waals surface area contributed by atoms with Crippen LogP contribution >= 0.6 is 0 Å². The number of Topliss-reactive ketones (excluding diaryl/α,β-unsaturated/α-hetero) is 1. The Bertz CT molecular complexity index is 1370. The molecule has 3 aromatic carbocycles. The number of aromatic hydroxyl groups is 1. The number of hydrogen-bond donors (Lipinski definition) is 2. The Kier molecular flexibility index (Phi) is 6.96. The topological polar surface area (TPSA) is 96.3 Å². The first kappa shape index (κ1) is 24.8. The summed E-state index contributed by atoms with van der Waals surface area (Å²) in [4.78, 5) is 27.9. The smallest absolute Gasteiger partial charge is 0.295 e. The maximum Gasteiger partial charge on any atom is 0.295 e. The van der Waals surface area contributed by atoms with Crippen molar-refractivity contribution in [2.24, 2.45) is 0 Å². The average molecular weight is 492 g/mol. The lowest BCUT2D eigenvalue weighted by atomic mass is 9.94. The Hall–Kier alpha value is -4.33. The molecule has 0 aromatic heterocycles. The van der Waals surface area contributed by atoms with Crippen LogP contribution in [0.5, 0.6) is 17.2 Å². The molecule has 1 unspecified atom stereocenters. The third kappa shape index (κ3) is 4.49. The maximum atomic E-state index is 13.9. The minimum Gasteiger partial charge on any atom is -0.507 e. The first-order valence-electron chi connectivity index (χ1n) is 11.4. The molecule has 36 heavy (non-hydrogen) atoms. The molecule has 186 valence electrons. The Morgan fingerprint density at radius 1 is 1.06 bits per heavy atom. The zero-order chi connectivity index (χ0) is 26.0. The van der Waals surface area contributed by atoms with Crippen LogP contribution in [0.1, 0.15) is 35.2 Å². The van der Waals surface area contributed by atoms with Crippen molar-refractivity contribution in [1.29, 1.82) is 0 Å². The number of phenolic OH excluding ortho intramolecular Hbond substituents is 1. The number of rotatable bonds is 7. The number of aliphatic hydroxyl groups is 1. The van der Waals surface area contributed by atoms with Crippen molar-refractivity contribution in [3.05, 3.63) is 94.3 Å². The van der Waals surface area contributed by atoms with Crippen LogP contribution in [0.2, 0.25) is 0 Å². The first-order valence-corrected chi connectivity index (χ1v) is 11.4. The fraction of sp³-hybridized carbons (Fsp3) is 0.214. The second-order valence-electron chi connectivity index (χ2n) is 8.36. The zero-order valence-electron chi connectivity index (χ0n) is 20.1. The number of nitrogens with zero attached hydrogens (tertiary/aromatic N) is 1. The maximum absolute atomic E-state index is 13.9. The zero-order valence-corrected chi connectivity index (χ0v) is 20.1. The van der Waals surface area contributed by atoms with E-state index >= 15 is 0 Å². The SMILES string of the molecule is CCOc1cc(C2/C(=C(/O)c3ccc(F)c(C)c3)C(=O)C(=O)N2Cc2ccccc2OC)ccc1O. The van der Waals surface area contributed by atoms with E-state index in [9.17, 15) is 24.2 Å². The molecule has 4 rings (SSSR count). The summed E-state index contributed by atoms with van der Waals surface area (Å²) in [6, 6.07) is 14.6. The van der Waals surface area contributed by atoms with Crippen molar-refractivity contribution >= 4 is 17.4 Å². The van der Waals surface area contributed by atoms with E-state index in [1.54, 1.807) is 37.3 Å². The number of benzene rings is 3. The van der Waals surface area contributed by atoms with Gasteiger partial charge in [0.1, 0.15) is 17.3 Å². The standard InChI is InChI=1S/C28H26FNO6/c1-4-36-23-14-17(10-12-21(23)31)25-24(26(32)18-9-11-20(29)16(2)13-18)27(33)28(34)30(25)15-19-7-5-6-8-22(19)35-3/h5-14,25,31-32H,4,15H2,1-3H3/b26-24-. The molecule has 0 spiro atoms. The molecule has 1 heterocycles. The Balaban J connectivity index is 1.91. The number of hydrogen-bond acceptors (Lipinski definition) is 6. The van der Waals surface area contributed by atoms with Gasteiger partial charge in [0.15, 0.2) is 11.5 Å². The Morgan fingerprint density at radius 2 is 1.81 bits per heavy atom. The number of ketones is 1. The molecule has 0 radical (unpaired) electrons. The van der Waals surface area contributed by atoms with Gasteiger partial charge in [-0.25, -0.2) is 4.39 Å². The number of carbonyl (C=O) groups is 2. The highest BCUT2D eigenvalue weighted by Gasteiger charge is 2.46. The van der Waals surface area contributed by atoms with Crippen molar-refractivity contribution in [2.45, 2.75) is 26.4 Å². The minimum absolute atomic E-state index is 0.0172. The first-order chi connectivity index (χ1) is 17.3. The summed E-state index contributed by atoms with van der Waals surface area (Å²) < 4.78 is 24.8. The molecule has 1 aliphatic rings. The van der Waals surface area contributed by atoms with Gasteiger partial charge in [0, 0.05) is 11.1 Å². The fourth-order valence-corrected chi connectivity index (χ4v) is 4.33. The van der Waals surface area contributed by atoms with E-state index < -0.39 is 29.3 Å². The average Bonchev–Trinajstić information content (AvgIpc) is 3.12. The second kappa shape index (κ2) is 10.1. The number of carbonyl (C=O) groups excluding carboxylic acids is 2. The molecule has 1 aliphatic heterocycles. The summed E-state index contributed by atoms with van der Waals surface area (Å²) in [6.45, 7) is 3.60. The van der Waals surface area contributed by atoms with Gasteiger partial charge in [-0.2, -0.15) is 0 Å². The largest absolute Gasteiger partial charge is 0.507 e. The van der Waals surface area contributed by atoms with Gasteiger partial charge in [0.2, 0.25) is 0 Å². The van der Waals surface area contributed by atoms with Crippen molar-refractivity contribution in [3.63, 3.8) is 0 Å². The number of aliphatic hydroxyl groups excluding tert-OH is 1. The van der Waals surface area contributed by atoms with E-state index in [4.69, 9.17) is 9.47 Å². The second-order valence-corrected chi connectivity index (χ2v) is 8.36. The Morgan fingerprint density at radius 3 is 2.50 bits per heavy atom. The Labute approximate surface area is 208 Å². The lowest BCUT2D eigenvalue weighted by Crippen LogP contribution is -2.29. The molecule has 8 heteroatoms. The fourth-order valence-electron chi connectivity index (χ4n) is 4.33. The normalized spacial score (nSPS) is 16.9. The van der Waals surface area contributed by atoms with E-state index in [0.717, 1.165) is 0 Å². The van der Waals surface area contributed by atoms with Crippen LogP contribution in [0.4, 0.5) is 4.39 Å². The number of likely N-dealkylation sites (tertiary alicyclic amines) is 1. The monoisotopic (exact) mass is 491 g/mol. The van der Waals surface area contributed by atoms with E-state index in [2.05, 4.69) is 0 Å². The quantitative estimate of drug-likeness (QED) is 0.278. The molecule has 0 aliphatic carbocycles. The van der Waals surface area contributed by atoms with Gasteiger partial charge in [-0.3, -0.25) is 9.59 Å². The predicted octanol–water partition coefficient (Wildman–Crippen LogP) is 4.87. The lowest BCUT2D eigenvalue weighted by molar-refractivity contribution is -0.140. The highest BCUT2D eigenvalue weighted by Crippen LogP contribution is 2.43. The van der Waals surface area contributed by atoms with E-state index in [1.807, 2.05) is 0 Å². The third-order valence-corrected chi connectivity index (χ3v) is 6.10. The molecule has 3 aromatic rings. The van der Waals surface area contributed by atoms with Crippen molar-refractivity contribution in [2.75, 3.05) is 13.7 Å². The van der Waals surface area contributed by atoms with Crippen LogP contribution in [0.15, 0.2) is 66.2 Å². The van der Waals surface area contributed by atoms with E-state index in [1.165, 1.54) is 49.3 Å². The van der Waals surface area contributed by atoms with Gasteiger partial charge in [-0.05, 0) is 61.4 Å². The summed E-state index contributed by atoms with van der Waals surface area (Å²) in [7, 11) is 1.51. The number of halogens is 1. The number of phenols is 1. The number of aryl methyl sites for hydroxylation is 1. The third-order valence-electron chi connectivity index (χ3n) is 6.10. The summed E-state index contributed by atoms with van der Waals surface area (Å²) in [5.74, 6) is -1.95. The molecule has 1 atom stereocenters.